The summed E-state index contributed by atoms with van der Waals surface area (Å²) in [4.78, 5) is 55.5. The second kappa shape index (κ2) is 14.2. The molecule has 3 rings (SSSR count). The van der Waals surface area contributed by atoms with E-state index in [9.17, 15) is 24.3 Å². The first kappa shape index (κ1) is 33.8. The molecule has 3 atom stereocenters. The van der Waals surface area contributed by atoms with Crippen molar-refractivity contribution in [3.05, 3.63) is 65.7 Å². The quantitative estimate of drug-likeness (QED) is 0.219. The molecule has 0 heterocycles. The fraction of sp³-hybridized carbons (Fsp3) is 0.500. The number of amides is 3. The molecule has 1 aliphatic carbocycles. The zero-order valence-corrected chi connectivity index (χ0v) is 26.5. The van der Waals surface area contributed by atoms with Crippen LogP contribution in [0.4, 0.5) is 4.79 Å². The van der Waals surface area contributed by atoms with Crippen molar-refractivity contribution in [2.75, 3.05) is 5.75 Å². The van der Waals surface area contributed by atoms with E-state index in [0.717, 1.165) is 5.56 Å². The van der Waals surface area contributed by atoms with Gasteiger partial charge < -0.3 is 30.1 Å². The van der Waals surface area contributed by atoms with Gasteiger partial charge in [0, 0.05) is 23.8 Å². The largest absolute Gasteiger partial charge is 0.508 e. The number of aromatic hydroxyl groups is 1. The Kier molecular flexibility index (Phi) is 11.1. The number of thiol groups is 1. The van der Waals surface area contributed by atoms with Gasteiger partial charge >= 0.3 is 12.1 Å². The molecule has 43 heavy (non-hydrogen) atoms. The Bertz CT molecular complexity index is 1290. The van der Waals surface area contributed by atoms with Crippen LogP contribution < -0.4 is 10.6 Å². The summed E-state index contributed by atoms with van der Waals surface area (Å²) < 4.78 is 11.0. The maximum absolute atomic E-state index is 14.2. The zero-order valence-electron chi connectivity index (χ0n) is 25.6. The Morgan fingerprint density at radius 3 is 2.00 bits per heavy atom. The maximum Gasteiger partial charge on any atom is 0.408 e. The van der Waals surface area contributed by atoms with Crippen molar-refractivity contribution in [1.82, 2.24) is 15.5 Å². The molecule has 0 saturated heterocycles. The third-order valence-electron chi connectivity index (χ3n) is 6.41. The average molecular weight is 614 g/mol. The van der Waals surface area contributed by atoms with E-state index >= 15 is 0 Å². The van der Waals surface area contributed by atoms with Gasteiger partial charge in [0.1, 0.15) is 35.1 Å². The van der Waals surface area contributed by atoms with Crippen LogP contribution in [0.2, 0.25) is 0 Å². The first-order valence-electron chi connectivity index (χ1n) is 14.4. The van der Waals surface area contributed by atoms with E-state index in [1.807, 2.05) is 30.3 Å². The second-order valence-corrected chi connectivity index (χ2v) is 13.0. The molecule has 0 aromatic heterocycles. The van der Waals surface area contributed by atoms with Crippen LogP contribution in [-0.4, -0.2) is 69.0 Å². The minimum atomic E-state index is -1.32. The third kappa shape index (κ3) is 10.2. The normalized spacial score (nSPS) is 15.4. The molecule has 1 fully saturated rings. The van der Waals surface area contributed by atoms with Crippen LogP contribution in [-0.2, 0) is 30.3 Å². The summed E-state index contributed by atoms with van der Waals surface area (Å²) in [5, 5.41) is 16.2. The predicted octanol–water partition coefficient (Wildman–Crippen LogP) is 4.32. The van der Waals surface area contributed by atoms with Gasteiger partial charge in [-0.25, -0.2) is 9.59 Å². The number of nitrogens with one attached hydrogen (secondary N) is 2. The highest BCUT2D eigenvalue weighted by Gasteiger charge is 2.45. The van der Waals surface area contributed by atoms with Gasteiger partial charge in [0.15, 0.2) is 0 Å². The van der Waals surface area contributed by atoms with Crippen molar-refractivity contribution in [1.29, 1.82) is 0 Å². The molecule has 3 amide bonds. The van der Waals surface area contributed by atoms with Crippen LogP contribution >= 0.6 is 12.6 Å². The van der Waals surface area contributed by atoms with Crippen LogP contribution in [0.25, 0.3) is 0 Å². The number of nitrogens with zero attached hydrogens (tertiary/aromatic N) is 1. The molecular weight excluding hydrogens is 570 g/mol. The van der Waals surface area contributed by atoms with Gasteiger partial charge in [0.05, 0.1) is 0 Å². The monoisotopic (exact) mass is 613 g/mol. The molecule has 0 radical (unpaired) electrons. The number of carbonyl (C=O) groups is 4. The fourth-order valence-electron chi connectivity index (χ4n) is 4.49. The molecule has 3 unspecified atom stereocenters. The van der Waals surface area contributed by atoms with Crippen molar-refractivity contribution in [3.8, 4) is 5.75 Å². The minimum Gasteiger partial charge on any atom is -0.508 e. The van der Waals surface area contributed by atoms with E-state index in [1.54, 1.807) is 59.7 Å². The number of hydrogen-bond acceptors (Lipinski definition) is 8. The van der Waals surface area contributed by atoms with Gasteiger partial charge in [-0.3, -0.25) is 9.59 Å². The number of para-hydroxylation sites is 1. The summed E-state index contributed by atoms with van der Waals surface area (Å²) in [6.45, 7) is 10.3. The molecule has 0 bridgehead atoms. The zero-order chi connectivity index (χ0) is 31.9. The van der Waals surface area contributed by atoms with E-state index in [4.69, 9.17) is 9.47 Å². The van der Waals surface area contributed by atoms with E-state index in [0.29, 0.717) is 12.8 Å². The highest BCUT2D eigenvalue weighted by Crippen LogP contribution is 2.38. The highest BCUT2D eigenvalue weighted by molar-refractivity contribution is 7.80. The molecule has 10 nitrogen and oxygen atoms in total. The van der Waals surface area contributed by atoms with E-state index in [1.165, 1.54) is 11.0 Å². The van der Waals surface area contributed by atoms with Crippen molar-refractivity contribution >= 4 is 36.5 Å². The van der Waals surface area contributed by atoms with Gasteiger partial charge in [0.2, 0.25) is 11.8 Å². The first-order chi connectivity index (χ1) is 20.1. The summed E-state index contributed by atoms with van der Waals surface area (Å²) in [6, 6.07) is 11.6. The maximum atomic E-state index is 14.2. The number of hydrogen-bond donors (Lipinski definition) is 4. The lowest BCUT2D eigenvalue weighted by Gasteiger charge is -2.35. The molecule has 0 spiro atoms. The number of alkyl carbamates (subject to hydrolysis) is 1. The van der Waals surface area contributed by atoms with Crippen LogP contribution in [0.3, 0.4) is 0 Å². The Morgan fingerprint density at radius 1 is 0.884 bits per heavy atom. The topological polar surface area (TPSA) is 134 Å². The molecule has 1 saturated carbocycles. The second-order valence-electron chi connectivity index (χ2n) is 12.6. The van der Waals surface area contributed by atoms with Crippen LogP contribution in [0.15, 0.2) is 54.6 Å². The average Bonchev–Trinajstić information content (AvgIpc) is 3.74. The summed E-state index contributed by atoms with van der Waals surface area (Å²) in [6.07, 6.45) is 0.584. The molecule has 1 aliphatic rings. The molecule has 234 valence electrons. The molecule has 11 heteroatoms. The molecule has 2 aromatic rings. The number of rotatable bonds is 11. The van der Waals surface area contributed by atoms with Gasteiger partial charge in [-0.1, -0.05) is 48.5 Å². The molecule has 0 aliphatic heterocycles. The predicted molar refractivity (Wildman–Crippen MR) is 166 cm³/mol. The summed E-state index contributed by atoms with van der Waals surface area (Å²) >= 11 is 4.30. The third-order valence-corrected chi connectivity index (χ3v) is 6.78. The number of benzene rings is 2. The number of phenols is 1. The van der Waals surface area contributed by atoms with Crippen molar-refractivity contribution in [2.45, 2.75) is 96.2 Å². The lowest BCUT2D eigenvalue weighted by molar-refractivity contribution is -0.159. The smallest absolute Gasteiger partial charge is 0.408 e. The summed E-state index contributed by atoms with van der Waals surface area (Å²) in [5.41, 5.74) is -0.627. The molecular formula is C32H43N3O7S. The number of esters is 1. The van der Waals surface area contributed by atoms with Crippen molar-refractivity contribution in [3.63, 3.8) is 0 Å². The fourth-order valence-corrected chi connectivity index (χ4v) is 4.74. The van der Waals surface area contributed by atoms with Crippen LogP contribution in [0, 0.1) is 0 Å². The van der Waals surface area contributed by atoms with Crippen molar-refractivity contribution < 1.29 is 33.8 Å². The van der Waals surface area contributed by atoms with Crippen molar-refractivity contribution in [2.24, 2.45) is 0 Å². The van der Waals surface area contributed by atoms with E-state index in [-0.39, 0.29) is 29.5 Å². The summed E-state index contributed by atoms with van der Waals surface area (Å²) in [7, 11) is 0. The molecule has 3 N–H and O–H groups in total. The van der Waals surface area contributed by atoms with Gasteiger partial charge in [0.25, 0.3) is 0 Å². The van der Waals surface area contributed by atoms with E-state index in [2.05, 4.69) is 23.3 Å². The standard InChI is InChI=1S/C32H43N3O7S/c1-31(2,3)41-29(39)23(18-20-12-8-7-9-13-20)33-27(37)26(22-14-10-11-15-25(22)36)35(21-16-17-21)28(38)24(19-43)34-30(40)42-32(4,5)6/h7-15,21,23-24,26,36,43H,16-19H2,1-6H3,(H,33,37)(H,34,40). The van der Waals surface area contributed by atoms with Gasteiger partial charge in [-0.15, -0.1) is 0 Å². The molecule has 2 aromatic carbocycles. The first-order valence-corrected chi connectivity index (χ1v) is 15.0. The van der Waals surface area contributed by atoms with Gasteiger partial charge in [-0.2, -0.15) is 12.6 Å². The number of carbonyl (C=O) groups excluding carboxylic acids is 4. The lowest BCUT2D eigenvalue weighted by Crippen LogP contribution is -2.56. The Hall–Kier alpha value is -3.73. The number of ether oxygens (including phenoxy) is 2. The SMILES string of the molecule is CC(C)(C)OC(=O)NC(CS)C(=O)N(C1CC1)C(C(=O)NC(Cc1ccccc1)C(=O)OC(C)(C)C)c1ccccc1O. The Balaban J connectivity index is 2.00. The Labute approximate surface area is 258 Å². The Morgan fingerprint density at radius 2 is 1.47 bits per heavy atom. The van der Waals surface area contributed by atoms with Gasteiger partial charge in [-0.05, 0) is 66.0 Å². The lowest BCUT2D eigenvalue weighted by atomic mass is 10.00. The minimum absolute atomic E-state index is 0.0645. The van der Waals surface area contributed by atoms with Crippen LogP contribution in [0.1, 0.15) is 71.6 Å². The highest BCUT2D eigenvalue weighted by atomic mass is 32.1. The number of phenolic OH excluding ortho intramolecular Hbond substituents is 1. The summed E-state index contributed by atoms with van der Waals surface area (Å²) in [5.74, 6) is -2.14. The van der Waals surface area contributed by atoms with E-state index < -0.39 is 53.2 Å². The van der Waals surface area contributed by atoms with Crippen LogP contribution in [0.5, 0.6) is 5.75 Å².